The molecule has 0 saturated heterocycles. The van der Waals surface area contributed by atoms with Crippen molar-refractivity contribution in [3.8, 4) is 0 Å². The number of benzene rings is 1. The van der Waals surface area contributed by atoms with Crippen molar-refractivity contribution in [3.05, 3.63) is 47.3 Å². The van der Waals surface area contributed by atoms with E-state index in [4.69, 9.17) is 0 Å². The Balaban J connectivity index is 1.93. The number of hydrogen-bond donors (Lipinski definition) is 0. The van der Waals surface area contributed by atoms with E-state index in [2.05, 4.69) is 0 Å². The van der Waals surface area contributed by atoms with Crippen LogP contribution >= 0.6 is 0 Å². The van der Waals surface area contributed by atoms with Crippen molar-refractivity contribution in [3.63, 3.8) is 0 Å². The molecule has 116 valence electrons. The first-order chi connectivity index (χ1) is 9.97. The number of alkyl halides is 2. The number of rotatable bonds is 4. The lowest BCUT2D eigenvalue weighted by Crippen LogP contribution is -2.12. The van der Waals surface area contributed by atoms with Crippen LogP contribution in [0, 0.1) is 23.4 Å². The predicted molar refractivity (Wildman–Crippen MR) is 70.8 cm³/mol. The van der Waals surface area contributed by atoms with E-state index < -0.39 is 23.9 Å². The lowest BCUT2D eigenvalue weighted by Gasteiger charge is -2.27. The minimum atomic E-state index is -2.33. The van der Waals surface area contributed by atoms with Crippen LogP contribution < -0.4 is 0 Å². The largest absolute Gasteiger partial charge is 0.242 e. The Morgan fingerprint density at radius 2 is 1.57 bits per heavy atom. The van der Waals surface area contributed by atoms with E-state index in [9.17, 15) is 22.0 Å². The second kappa shape index (κ2) is 7.05. The van der Waals surface area contributed by atoms with Crippen LogP contribution in [0.1, 0.15) is 43.6 Å². The van der Waals surface area contributed by atoms with Crippen LogP contribution in [0.5, 0.6) is 0 Å². The summed E-state index contributed by atoms with van der Waals surface area (Å²) >= 11 is 0. The minimum Gasteiger partial charge on any atom is -0.210 e. The zero-order chi connectivity index (χ0) is 15.4. The standard InChI is InChI=1S/C16H17F5/c17-13-8-12(9-14(18)16(13)21)11-6-4-10(5-7-11)2-1-3-15(19)20/h1-2,8-11,15H,3-7H2/b2-1+/t10-,11-. The van der Waals surface area contributed by atoms with Gasteiger partial charge in [-0.15, -0.1) is 0 Å². The summed E-state index contributed by atoms with van der Waals surface area (Å²) in [5, 5.41) is 0. The molecule has 0 aromatic heterocycles. The van der Waals surface area contributed by atoms with Crippen molar-refractivity contribution >= 4 is 0 Å². The van der Waals surface area contributed by atoms with Gasteiger partial charge in [0.15, 0.2) is 17.5 Å². The fourth-order valence-electron chi connectivity index (χ4n) is 2.83. The summed E-state index contributed by atoms with van der Waals surface area (Å²) in [6, 6.07) is 2.10. The summed E-state index contributed by atoms with van der Waals surface area (Å²) in [7, 11) is 0. The molecule has 0 bridgehead atoms. The number of hydrogen-bond acceptors (Lipinski definition) is 0. The number of allylic oxidation sites excluding steroid dienone is 2. The van der Waals surface area contributed by atoms with Gasteiger partial charge in [-0.1, -0.05) is 12.2 Å². The van der Waals surface area contributed by atoms with Gasteiger partial charge in [0.1, 0.15) is 0 Å². The third kappa shape index (κ3) is 4.29. The molecule has 1 saturated carbocycles. The van der Waals surface area contributed by atoms with E-state index in [-0.39, 0.29) is 18.3 Å². The second-order valence-electron chi connectivity index (χ2n) is 5.47. The Bertz CT molecular complexity index is 478. The van der Waals surface area contributed by atoms with Gasteiger partial charge in [0.25, 0.3) is 0 Å². The van der Waals surface area contributed by atoms with Crippen molar-refractivity contribution < 1.29 is 22.0 Å². The lowest BCUT2D eigenvalue weighted by atomic mass is 9.78. The quantitative estimate of drug-likeness (QED) is 0.386. The first kappa shape index (κ1) is 16.0. The van der Waals surface area contributed by atoms with Crippen LogP contribution in [0.4, 0.5) is 22.0 Å². The third-order valence-corrected chi connectivity index (χ3v) is 3.97. The smallest absolute Gasteiger partial charge is 0.210 e. The zero-order valence-electron chi connectivity index (χ0n) is 11.5. The SMILES string of the molecule is Fc1cc([C@H]2CC[C@H](/C=C/CC(F)F)CC2)cc(F)c1F. The molecule has 1 fully saturated rings. The van der Waals surface area contributed by atoms with Crippen molar-refractivity contribution in [1.82, 2.24) is 0 Å². The molecule has 21 heavy (non-hydrogen) atoms. The molecule has 1 aromatic rings. The molecule has 0 atom stereocenters. The Kier molecular flexibility index (Phi) is 5.37. The van der Waals surface area contributed by atoms with Crippen LogP contribution in [0.15, 0.2) is 24.3 Å². The fourth-order valence-corrected chi connectivity index (χ4v) is 2.83. The van der Waals surface area contributed by atoms with E-state index in [0.717, 1.165) is 25.0 Å². The van der Waals surface area contributed by atoms with E-state index >= 15 is 0 Å². The van der Waals surface area contributed by atoms with Crippen LogP contribution in [0.2, 0.25) is 0 Å². The van der Waals surface area contributed by atoms with Crippen molar-refractivity contribution in [2.24, 2.45) is 5.92 Å². The third-order valence-electron chi connectivity index (χ3n) is 3.97. The molecule has 0 N–H and O–H groups in total. The maximum absolute atomic E-state index is 13.2. The highest BCUT2D eigenvalue weighted by atomic mass is 19.3. The van der Waals surface area contributed by atoms with Gasteiger partial charge in [-0.3, -0.25) is 0 Å². The van der Waals surface area contributed by atoms with Crippen molar-refractivity contribution in [2.75, 3.05) is 0 Å². The monoisotopic (exact) mass is 304 g/mol. The lowest BCUT2D eigenvalue weighted by molar-refractivity contribution is 0.152. The Hall–Kier alpha value is -1.39. The van der Waals surface area contributed by atoms with Crippen molar-refractivity contribution in [2.45, 2.75) is 44.4 Å². The maximum Gasteiger partial charge on any atom is 0.242 e. The minimum absolute atomic E-state index is 0.00523. The summed E-state index contributed by atoms with van der Waals surface area (Å²) in [5.41, 5.74) is 0.474. The second-order valence-corrected chi connectivity index (χ2v) is 5.47. The molecule has 1 aliphatic rings. The average molecular weight is 304 g/mol. The first-order valence-corrected chi connectivity index (χ1v) is 7.06. The zero-order valence-corrected chi connectivity index (χ0v) is 11.5. The highest BCUT2D eigenvalue weighted by molar-refractivity contribution is 5.23. The normalized spacial score (nSPS) is 23.1. The molecule has 0 unspecified atom stereocenters. The molecule has 0 aliphatic heterocycles. The van der Waals surface area contributed by atoms with Crippen LogP contribution in [0.3, 0.4) is 0 Å². The van der Waals surface area contributed by atoms with Gasteiger partial charge in [-0.05, 0) is 55.2 Å². The molecule has 1 aliphatic carbocycles. The van der Waals surface area contributed by atoms with Crippen molar-refractivity contribution in [1.29, 1.82) is 0 Å². The van der Waals surface area contributed by atoms with Crippen LogP contribution in [0.25, 0.3) is 0 Å². The van der Waals surface area contributed by atoms with Gasteiger partial charge >= 0.3 is 0 Å². The topological polar surface area (TPSA) is 0 Å². The van der Waals surface area contributed by atoms with Crippen LogP contribution in [-0.2, 0) is 0 Å². The highest BCUT2D eigenvalue weighted by Crippen LogP contribution is 2.37. The molecular weight excluding hydrogens is 287 g/mol. The molecule has 0 spiro atoms. The van der Waals surface area contributed by atoms with Gasteiger partial charge in [0.2, 0.25) is 6.43 Å². The van der Waals surface area contributed by atoms with Gasteiger partial charge in [0.05, 0.1) is 0 Å². The summed E-state index contributed by atoms with van der Waals surface area (Å²) in [6.45, 7) is 0. The van der Waals surface area contributed by atoms with E-state index in [1.807, 2.05) is 0 Å². The Labute approximate surface area is 120 Å². The summed E-state index contributed by atoms with van der Waals surface area (Å²) in [5.74, 6) is -3.54. The molecule has 5 heteroatoms. The first-order valence-electron chi connectivity index (χ1n) is 7.06. The molecule has 0 heterocycles. The van der Waals surface area contributed by atoms with E-state index in [1.54, 1.807) is 6.08 Å². The Morgan fingerprint density at radius 1 is 1.00 bits per heavy atom. The molecule has 0 radical (unpaired) electrons. The average Bonchev–Trinajstić information content (AvgIpc) is 2.44. The van der Waals surface area contributed by atoms with Gasteiger partial charge in [-0.25, -0.2) is 22.0 Å². The van der Waals surface area contributed by atoms with E-state index in [1.165, 1.54) is 6.08 Å². The molecule has 0 nitrogen and oxygen atoms in total. The fraction of sp³-hybridized carbons (Fsp3) is 0.500. The van der Waals surface area contributed by atoms with E-state index in [0.29, 0.717) is 18.4 Å². The Morgan fingerprint density at radius 3 is 2.10 bits per heavy atom. The summed E-state index contributed by atoms with van der Waals surface area (Å²) in [6.07, 6.45) is 3.72. The summed E-state index contributed by atoms with van der Waals surface area (Å²) < 4.78 is 63.4. The number of halogens is 5. The summed E-state index contributed by atoms with van der Waals surface area (Å²) in [4.78, 5) is 0. The van der Waals surface area contributed by atoms with Gasteiger partial charge in [0, 0.05) is 6.42 Å². The van der Waals surface area contributed by atoms with Crippen LogP contribution in [-0.4, -0.2) is 6.43 Å². The maximum atomic E-state index is 13.2. The molecule has 1 aromatic carbocycles. The predicted octanol–water partition coefficient (Wildman–Crippen LogP) is 5.59. The van der Waals surface area contributed by atoms with Gasteiger partial charge < -0.3 is 0 Å². The molecule has 0 amide bonds. The van der Waals surface area contributed by atoms with Gasteiger partial charge in [-0.2, -0.15) is 0 Å². The highest BCUT2D eigenvalue weighted by Gasteiger charge is 2.23. The molecule has 2 rings (SSSR count). The molecular formula is C16H17F5.